The summed E-state index contributed by atoms with van der Waals surface area (Å²) >= 11 is 0. The number of rotatable bonds is 4. The van der Waals surface area contributed by atoms with E-state index in [4.69, 9.17) is 0 Å². The lowest BCUT2D eigenvalue weighted by atomic mass is 10.0. The number of benzene rings is 1. The predicted molar refractivity (Wildman–Crippen MR) is 65.1 cm³/mol. The van der Waals surface area contributed by atoms with Gasteiger partial charge in [-0.05, 0) is 24.2 Å². The molecule has 0 aliphatic heterocycles. The van der Waals surface area contributed by atoms with E-state index >= 15 is 0 Å². The smallest absolute Gasteiger partial charge is 0.126 e. The van der Waals surface area contributed by atoms with E-state index in [0.717, 1.165) is 11.8 Å². The average molecular weight is 251 g/mol. The Bertz CT molecular complexity index is 517. The van der Waals surface area contributed by atoms with Crippen molar-refractivity contribution >= 4 is 0 Å². The van der Waals surface area contributed by atoms with Gasteiger partial charge in [0.05, 0.1) is 24.3 Å². The first-order valence-electron chi connectivity index (χ1n) is 5.77. The maximum absolute atomic E-state index is 13.3. The summed E-state index contributed by atoms with van der Waals surface area (Å²) in [7, 11) is 1.85. The second-order valence-electron chi connectivity index (χ2n) is 4.12. The number of hydrogen-bond acceptors (Lipinski definition) is 2. The fourth-order valence-corrected chi connectivity index (χ4v) is 1.98. The van der Waals surface area contributed by atoms with Crippen molar-refractivity contribution in [2.45, 2.75) is 13.0 Å². The molecule has 18 heavy (non-hydrogen) atoms. The van der Waals surface area contributed by atoms with Crippen molar-refractivity contribution < 1.29 is 8.78 Å². The second kappa shape index (κ2) is 5.27. The van der Waals surface area contributed by atoms with Crippen LogP contribution >= 0.6 is 0 Å². The highest BCUT2D eigenvalue weighted by Crippen LogP contribution is 2.23. The van der Waals surface area contributed by atoms with Crippen molar-refractivity contribution in [3.05, 3.63) is 53.6 Å². The molecule has 2 aromatic rings. The minimum absolute atomic E-state index is 0.271. The minimum Gasteiger partial charge on any atom is -0.336 e. The van der Waals surface area contributed by atoms with Crippen molar-refractivity contribution in [3.63, 3.8) is 0 Å². The van der Waals surface area contributed by atoms with Crippen LogP contribution in [0.5, 0.6) is 0 Å². The van der Waals surface area contributed by atoms with Crippen LogP contribution in [0, 0.1) is 11.6 Å². The lowest BCUT2D eigenvalue weighted by molar-refractivity contribution is 0.555. The molecule has 0 amide bonds. The van der Waals surface area contributed by atoms with Crippen LogP contribution in [0.2, 0.25) is 0 Å². The molecule has 1 heterocycles. The Kier molecular flexibility index (Phi) is 3.72. The molecule has 1 atom stereocenters. The van der Waals surface area contributed by atoms with Crippen LogP contribution in [-0.2, 0) is 7.05 Å². The number of aromatic nitrogens is 2. The fourth-order valence-electron chi connectivity index (χ4n) is 1.98. The monoisotopic (exact) mass is 251 g/mol. The highest BCUT2D eigenvalue weighted by Gasteiger charge is 2.17. The number of nitrogens with one attached hydrogen (secondary N) is 1. The van der Waals surface area contributed by atoms with Gasteiger partial charge in [0.1, 0.15) is 11.6 Å². The zero-order valence-electron chi connectivity index (χ0n) is 10.3. The fraction of sp³-hybridized carbons (Fsp3) is 0.308. The molecule has 0 radical (unpaired) electrons. The van der Waals surface area contributed by atoms with E-state index in [1.54, 1.807) is 12.5 Å². The third-order valence-corrected chi connectivity index (χ3v) is 2.78. The van der Waals surface area contributed by atoms with Crippen LogP contribution in [0.25, 0.3) is 0 Å². The number of hydrogen-bond donors (Lipinski definition) is 1. The third kappa shape index (κ3) is 2.56. The SMILES string of the molecule is CCNC(c1cc(F)cc(F)c1)c1cncn1C. The maximum atomic E-state index is 13.3. The first-order valence-corrected chi connectivity index (χ1v) is 5.77. The van der Waals surface area contributed by atoms with Gasteiger partial charge in [-0.3, -0.25) is 0 Å². The summed E-state index contributed by atoms with van der Waals surface area (Å²) in [5, 5.41) is 3.20. The van der Waals surface area contributed by atoms with Crippen LogP contribution in [0.3, 0.4) is 0 Å². The Morgan fingerprint density at radius 2 is 1.94 bits per heavy atom. The largest absolute Gasteiger partial charge is 0.336 e. The molecule has 96 valence electrons. The summed E-state index contributed by atoms with van der Waals surface area (Å²) in [4.78, 5) is 4.03. The molecule has 0 spiro atoms. The van der Waals surface area contributed by atoms with E-state index < -0.39 is 11.6 Å². The number of nitrogens with zero attached hydrogens (tertiary/aromatic N) is 2. The molecule has 1 aromatic heterocycles. The van der Waals surface area contributed by atoms with Gasteiger partial charge in [-0.15, -0.1) is 0 Å². The maximum Gasteiger partial charge on any atom is 0.126 e. The summed E-state index contributed by atoms with van der Waals surface area (Å²) in [6.07, 6.45) is 3.35. The zero-order chi connectivity index (χ0) is 13.1. The Labute approximate surface area is 104 Å². The average Bonchev–Trinajstić information content (AvgIpc) is 2.71. The summed E-state index contributed by atoms with van der Waals surface area (Å²) in [6.45, 7) is 2.63. The zero-order valence-corrected chi connectivity index (χ0v) is 10.3. The standard InChI is InChI=1S/C13H15F2N3/c1-3-17-13(12-7-16-8-18(12)2)9-4-10(14)6-11(15)5-9/h4-8,13,17H,3H2,1-2H3. The molecule has 1 aromatic carbocycles. The van der Waals surface area contributed by atoms with Gasteiger partial charge in [0.25, 0.3) is 0 Å². The van der Waals surface area contributed by atoms with Gasteiger partial charge < -0.3 is 9.88 Å². The Morgan fingerprint density at radius 1 is 1.28 bits per heavy atom. The molecule has 3 nitrogen and oxygen atoms in total. The number of halogens is 2. The van der Waals surface area contributed by atoms with Crippen LogP contribution in [0.1, 0.15) is 24.2 Å². The summed E-state index contributed by atoms with van der Waals surface area (Å²) in [5.74, 6) is -1.15. The minimum atomic E-state index is -0.574. The molecule has 0 aliphatic carbocycles. The second-order valence-corrected chi connectivity index (χ2v) is 4.12. The lowest BCUT2D eigenvalue weighted by Gasteiger charge is -2.19. The van der Waals surface area contributed by atoms with Crippen LogP contribution in [0.15, 0.2) is 30.7 Å². The van der Waals surface area contributed by atoms with Gasteiger partial charge in [0.2, 0.25) is 0 Å². The Hall–Kier alpha value is -1.75. The van der Waals surface area contributed by atoms with Crippen LogP contribution < -0.4 is 5.32 Å². The van der Waals surface area contributed by atoms with Gasteiger partial charge in [0.15, 0.2) is 0 Å². The first kappa shape index (κ1) is 12.7. The van der Waals surface area contributed by atoms with Crippen LogP contribution in [0.4, 0.5) is 8.78 Å². The summed E-state index contributed by atoms with van der Waals surface area (Å²) in [6, 6.07) is 3.27. The van der Waals surface area contributed by atoms with E-state index in [0.29, 0.717) is 12.1 Å². The van der Waals surface area contributed by atoms with Gasteiger partial charge >= 0.3 is 0 Å². The molecule has 5 heteroatoms. The van der Waals surface area contributed by atoms with Crippen LogP contribution in [-0.4, -0.2) is 16.1 Å². The first-order chi connectivity index (χ1) is 8.61. The molecule has 0 fully saturated rings. The topological polar surface area (TPSA) is 29.9 Å². The quantitative estimate of drug-likeness (QED) is 0.904. The lowest BCUT2D eigenvalue weighted by Crippen LogP contribution is -2.24. The molecule has 1 unspecified atom stereocenters. The summed E-state index contributed by atoms with van der Waals surface area (Å²) < 4.78 is 28.4. The van der Waals surface area contributed by atoms with Crippen molar-refractivity contribution in [1.29, 1.82) is 0 Å². The Morgan fingerprint density at radius 3 is 2.44 bits per heavy atom. The van der Waals surface area contributed by atoms with Gasteiger partial charge in [-0.2, -0.15) is 0 Å². The van der Waals surface area contributed by atoms with Gasteiger partial charge in [0, 0.05) is 13.1 Å². The Balaban J connectivity index is 2.44. The molecule has 0 saturated heterocycles. The molecule has 0 saturated carbocycles. The molecular formula is C13H15F2N3. The van der Waals surface area contributed by atoms with Crippen molar-refractivity contribution in [2.24, 2.45) is 7.05 Å². The van der Waals surface area contributed by atoms with Gasteiger partial charge in [-0.1, -0.05) is 6.92 Å². The highest BCUT2D eigenvalue weighted by molar-refractivity contribution is 5.28. The molecule has 0 aliphatic rings. The number of imidazole rings is 1. The van der Waals surface area contributed by atoms with E-state index in [1.165, 1.54) is 12.1 Å². The van der Waals surface area contributed by atoms with Crippen molar-refractivity contribution in [2.75, 3.05) is 6.54 Å². The molecule has 0 bridgehead atoms. The molecule has 2 rings (SSSR count). The number of aryl methyl sites for hydroxylation is 1. The molecule has 1 N–H and O–H groups in total. The normalized spacial score (nSPS) is 12.7. The van der Waals surface area contributed by atoms with E-state index in [2.05, 4.69) is 10.3 Å². The molecular weight excluding hydrogens is 236 g/mol. The summed E-state index contributed by atoms with van der Waals surface area (Å²) in [5.41, 5.74) is 1.42. The third-order valence-electron chi connectivity index (χ3n) is 2.78. The highest BCUT2D eigenvalue weighted by atomic mass is 19.1. The van der Waals surface area contributed by atoms with Crippen molar-refractivity contribution in [3.8, 4) is 0 Å². The van der Waals surface area contributed by atoms with E-state index in [9.17, 15) is 8.78 Å². The van der Waals surface area contributed by atoms with E-state index in [-0.39, 0.29) is 6.04 Å². The predicted octanol–water partition coefficient (Wildman–Crippen LogP) is 2.40. The van der Waals surface area contributed by atoms with Gasteiger partial charge in [-0.25, -0.2) is 13.8 Å². The van der Waals surface area contributed by atoms with Crippen molar-refractivity contribution in [1.82, 2.24) is 14.9 Å². The van der Waals surface area contributed by atoms with E-state index in [1.807, 2.05) is 18.5 Å².